The molecular weight excluding hydrogens is 294 g/mol. The van der Waals surface area contributed by atoms with Crippen LogP contribution in [0.15, 0.2) is 47.8 Å². The van der Waals surface area contributed by atoms with Gasteiger partial charge >= 0.3 is 5.69 Å². The first kappa shape index (κ1) is 13.3. The molecule has 3 aromatic heterocycles. The molecule has 4 rings (SSSR count). The average molecular weight is 307 g/mol. The van der Waals surface area contributed by atoms with E-state index in [9.17, 15) is 4.79 Å². The largest absolute Gasteiger partial charge is 0.347 e. The van der Waals surface area contributed by atoms with E-state index in [0.29, 0.717) is 12.5 Å². The van der Waals surface area contributed by atoms with Crippen molar-refractivity contribution in [1.29, 1.82) is 0 Å². The molecule has 23 heavy (non-hydrogen) atoms. The number of rotatable bonds is 4. The van der Waals surface area contributed by atoms with Crippen LogP contribution in [0.4, 0.5) is 5.95 Å². The lowest BCUT2D eigenvalue weighted by molar-refractivity contribution is 0.968. The molecule has 0 spiro atoms. The SMILES string of the molecule is O=c1[nH]c2ccc(-c3cnc(NCc4ncc[nH]4)nc3)cc2[nH]1. The minimum atomic E-state index is -0.217. The van der Waals surface area contributed by atoms with E-state index in [1.165, 1.54) is 0 Å². The first-order valence-electron chi connectivity index (χ1n) is 7.04. The number of anilines is 1. The Balaban J connectivity index is 1.55. The minimum absolute atomic E-state index is 0.217. The highest BCUT2D eigenvalue weighted by molar-refractivity contribution is 5.81. The molecule has 8 heteroatoms. The third kappa shape index (κ3) is 2.69. The molecule has 3 heterocycles. The second-order valence-corrected chi connectivity index (χ2v) is 5.02. The molecule has 0 aliphatic rings. The van der Waals surface area contributed by atoms with Gasteiger partial charge in [-0.3, -0.25) is 0 Å². The summed E-state index contributed by atoms with van der Waals surface area (Å²) in [5.74, 6) is 1.35. The second-order valence-electron chi connectivity index (χ2n) is 5.02. The number of imidazole rings is 2. The normalized spacial score (nSPS) is 11.0. The van der Waals surface area contributed by atoms with E-state index < -0.39 is 0 Å². The molecule has 0 amide bonds. The van der Waals surface area contributed by atoms with Crippen LogP contribution in [0.25, 0.3) is 22.2 Å². The van der Waals surface area contributed by atoms with Crippen LogP contribution in [0.2, 0.25) is 0 Å². The number of benzene rings is 1. The van der Waals surface area contributed by atoms with Gasteiger partial charge in [-0.05, 0) is 17.7 Å². The van der Waals surface area contributed by atoms with Gasteiger partial charge in [0.05, 0.1) is 17.6 Å². The van der Waals surface area contributed by atoms with Crippen LogP contribution in [0.3, 0.4) is 0 Å². The van der Waals surface area contributed by atoms with Gasteiger partial charge in [-0.1, -0.05) is 6.07 Å². The van der Waals surface area contributed by atoms with Crippen molar-refractivity contribution in [2.24, 2.45) is 0 Å². The number of aromatic nitrogens is 6. The predicted octanol–water partition coefficient (Wildman–Crippen LogP) is 1.65. The van der Waals surface area contributed by atoms with Gasteiger partial charge in [0, 0.05) is 30.4 Å². The number of hydrogen-bond donors (Lipinski definition) is 4. The Bertz CT molecular complexity index is 983. The summed E-state index contributed by atoms with van der Waals surface area (Å²) in [5.41, 5.74) is 3.12. The molecule has 4 aromatic rings. The van der Waals surface area contributed by atoms with Gasteiger partial charge in [-0.25, -0.2) is 19.7 Å². The van der Waals surface area contributed by atoms with Gasteiger partial charge in [0.15, 0.2) is 0 Å². The Labute approximate surface area is 130 Å². The molecule has 4 N–H and O–H groups in total. The van der Waals surface area contributed by atoms with Crippen LogP contribution < -0.4 is 11.0 Å². The molecule has 114 valence electrons. The maximum absolute atomic E-state index is 11.3. The highest BCUT2D eigenvalue weighted by Gasteiger charge is 2.04. The summed E-state index contributed by atoms with van der Waals surface area (Å²) in [4.78, 5) is 32.5. The number of nitrogens with one attached hydrogen (secondary N) is 4. The summed E-state index contributed by atoms with van der Waals surface area (Å²) in [6, 6.07) is 5.66. The van der Waals surface area contributed by atoms with Crippen molar-refractivity contribution in [3.63, 3.8) is 0 Å². The van der Waals surface area contributed by atoms with Gasteiger partial charge in [-0.15, -0.1) is 0 Å². The van der Waals surface area contributed by atoms with Crippen molar-refractivity contribution < 1.29 is 0 Å². The summed E-state index contributed by atoms with van der Waals surface area (Å²) in [6.07, 6.45) is 6.94. The molecule has 0 bridgehead atoms. The summed E-state index contributed by atoms with van der Waals surface area (Å²) in [7, 11) is 0. The van der Waals surface area contributed by atoms with Crippen molar-refractivity contribution in [3.05, 3.63) is 59.3 Å². The van der Waals surface area contributed by atoms with Crippen molar-refractivity contribution in [2.75, 3.05) is 5.32 Å². The first-order chi connectivity index (χ1) is 11.3. The van der Waals surface area contributed by atoms with E-state index in [-0.39, 0.29) is 5.69 Å². The Kier molecular flexibility index (Phi) is 3.12. The van der Waals surface area contributed by atoms with Gasteiger partial charge < -0.3 is 20.3 Å². The summed E-state index contributed by atoms with van der Waals surface area (Å²) in [6.45, 7) is 0.531. The maximum Gasteiger partial charge on any atom is 0.323 e. The lowest BCUT2D eigenvalue weighted by atomic mass is 10.1. The van der Waals surface area contributed by atoms with Crippen LogP contribution in [0.1, 0.15) is 5.82 Å². The average Bonchev–Trinajstić information content (AvgIpc) is 3.21. The Morgan fingerprint density at radius 3 is 2.61 bits per heavy atom. The first-order valence-corrected chi connectivity index (χ1v) is 7.04. The fraction of sp³-hybridized carbons (Fsp3) is 0.0667. The van der Waals surface area contributed by atoms with E-state index >= 15 is 0 Å². The molecule has 0 saturated carbocycles. The minimum Gasteiger partial charge on any atom is -0.347 e. The molecule has 0 saturated heterocycles. The summed E-state index contributed by atoms with van der Waals surface area (Å²) >= 11 is 0. The zero-order chi connectivity index (χ0) is 15.6. The highest BCUT2D eigenvalue weighted by atomic mass is 16.1. The van der Waals surface area contributed by atoms with Gasteiger partial charge in [-0.2, -0.15) is 0 Å². The van der Waals surface area contributed by atoms with Gasteiger partial charge in [0.25, 0.3) is 0 Å². The van der Waals surface area contributed by atoms with Crippen molar-refractivity contribution >= 4 is 17.0 Å². The zero-order valence-electron chi connectivity index (χ0n) is 12.0. The molecule has 0 atom stereocenters. The van der Waals surface area contributed by atoms with Crippen molar-refractivity contribution in [2.45, 2.75) is 6.54 Å². The van der Waals surface area contributed by atoms with E-state index in [0.717, 1.165) is 28.0 Å². The van der Waals surface area contributed by atoms with E-state index in [2.05, 4.69) is 35.2 Å². The van der Waals surface area contributed by atoms with Crippen LogP contribution >= 0.6 is 0 Å². The predicted molar refractivity (Wildman–Crippen MR) is 85.9 cm³/mol. The van der Waals surface area contributed by atoms with Crippen molar-refractivity contribution in [3.8, 4) is 11.1 Å². The molecule has 0 aliphatic heterocycles. The third-order valence-corrected chi connectivity index (χ3v) is 3.47. The lowest BCUT2D eigenvalue weighted by Crippen LogP contribution is -2.04. The number of nitrogens with zero attached hydrogens (tertiary/aromatic N) is 3. The smallest absolute Gasteiger partial charge is 0.323 e. The second kappa shape index (κ2) is 5.41. The Morgan fingerprint density at radius 1 is 1.00 bits per heavy atom. The standard InChI is InChI=1S/C15H13N7O/c23-15-21-11-2-1-9(5-12(11)22-15)10-6-18-14(19-7-10)20-8-13-16-3-4-17-13/h1-7H,8H2,(H,16,17)(H,18,19,20)(H2,21,22,23). The van der Waals surface area contributed by atoms with Crippen LogP contribution in [-0.4, -0.2) is 29.9 Å². The van der Waals surface area contributed by atoms with Crippen LogP contribution in [-0.2, 0) is 6.54 Å². The molecule has 0 fully saturated rings. The molecule has 0 radical (unpaired) electrons. The van der Waals surface area contributed by atoms with Gasteiger partial charge in [0.2, 0.25) is 5.95 Å². The number of hydrogen-bond acceptors (Lipinski definition) is 5. The Morgan fingerprint density at radius 2 is 1.83 bits per heavy atom. The van der Waals surface area contributed by atoms with Gasteiger partial charge in [0.1, 0.15) is 5.82 Å². The quantitative estimate of drug-likeness (QED) is 0.457. The van der Waals surface area contributed by atoms with Crippen LogP contribution in [0, 0.1) is 0 Å². The molecular formula is C15H13N7O. The summed E-state index contributed by atoms with van der Waals surface area (Å²) in [5, 5.41) is 3.09. The highest BCUT2D eigenvalue weighted by Crippen LogP contribution is 2.21. The zero-order valence-corrected chi connectivity index (χ0v) is 12.0. The number of fused-ring (bicyclic) bond motifs is 1. The molecule has 0 aliphatic carbocycles. The summed E-state index contributed by atoms with van der Waals surface area (Å²) < 4.78 is 0. The lowest BCUT2D eigenvalue weighted by Gasteiger charge is -2.04. The van der Waals surface area contributed by atoms with E-state index in [4.69, 9.17) is 0 Å². The number of H-pyrrole nitrogens is 3. The molecule has 8 nitrogen and oxygen atoms in total. The topological polar surface area (TPSA) is 115 Å². The van der Waals surface area contributed by atoms with Crippen molar-refractivity contribution in [1.82, 2.24) is 29.9 Å². The Hall–Kier alpha value is -3.42. The maximum atomic E-state index is 11.3. The monoisotopic (exact) mass is 307 g/mol. The molecule has 0 unspecified atom stereocenters. The van der Waals surface area contributed by atoms with Crippen LogP contribution in [0.5, 0.6) is 0 Å². The fourth-order valence-electron chi connectivity index (χ4n) is 2.34. The van der Waals surface area contributed by atoms with E-state index in [1.54, 1.807) is 24.8 Å². The number of aromatic amines is 3. The van der Waals surface area contributed by atoms with E-state index in [1.807, 2.05) is 18.2 Å². The molecule has 1 aromatic carbocycles. The fourth-order valence-corrected chi connectivity index (χ4v) is 2.34. The third-order valence-electron chi connectivity index (χ3n) is 3.47.